The molecule has 27 heavy (non-hydrogen) atoms. The molecule has 2 aromatic rings. The number of non-ortho nitro benzene ring substituents is 1. The number of benzene rings is 2. The highest BCUT2D eigenvalue weighted by atomic mass is 16.6. The van der Waals surface area contributed by atoms with Gasteiger partial charge in [-0.3, -0.25) is 19.7 Å². The van der Waals surface area contributed by atoms with Gasteiger partial charge in [0.2, 0.25) is 5.91 Å². The maximum absolute atomic E-state index is 12.7. The molecule has 1 aliphatic heterocycles. The molecule has 8 nitrogen and oxygen atoms in total. The number of hydrogen-bond donors (Lipinski definition) is 1. The second-order valence-electron chi connectivity index (χ2n) is 6.31. The molecule has 1 N–H and O–H groups in total. The van der Waals surface area contributed by atoms with Crippen molar-refractivity contribution in [2.45, 2.75) is 6.92 Å². The van der Waals surface area contributed by atoms with E-state index in [0.717, 1.165) is 5.69 Å². The minimum atomic E-state index is -0.421. The van der Waals surface area contributed by atoms with E-state index in [0.29, 0.717) is 37.4 Å². The fourth-order valence-electron chi connectivity index (χ4n) is 3.07. The summed E-state index contributed by atoms with van der Waals surface area (Å²) < 4.78 is 0. The maximum Gasteiger partial charge on any atom is 0.269 e. The average molecular weight is 368 g/mol. The Hall–Kier alpha value is -3.42. The van der Waals surface area contributed by atoms with Gasteiger partial charge in [-0.1, -0.05) is 6.07 Å². The molecule has 0 aliphatic carbocycles. The van der Waals surface area contributed by atoms with Gasteiger partial charge in [0.25, 0.3) is 11.6 Å². The number of anilines is 2. The zero-order valence-corrected chi connectivity index (χ0v) is 14.9. The Kier molecular flexibility index (Phi) is 5.35. The maximum atomic E-state index is 12.7. The van der Waals surface area contributed by atoms with Crippen LogP contribution >= 0.6 is 0 Å². The minimum absolute atomic E-state index is 0.0617. The van der Waals surface area contributed by atoms with E-state index >= 15 is 0 Å². The van der Waals surface area contributed by atoms with Crippen LogP contribution in [-0.2, 0) is 4.79 Å². The van der Waals surface area contributed by atoms with Crippen molar-refractivity contribution in [2.24, 2.45) is 0 Å². The van der Waals surface area contributed by atoms with Crippen LogP contribution in [-0.4, -0.2) is 47.8 Å². The van der Waals surface area contributed by atoms with Crippen LogP contribution in [0.4, 0.5) is 17.1 Å². The van der Waals surface area contributed by atoms with Crippen molar-refractivity contribution < 1.29 is 14.5 Å². The molecule has 0 bridgehead atoms. The molecule has 0 radical (unpaired) electrons. The van der Waals surface area contributed by atoms with Crippen LogP contribution in [0.25, 0.3) is 0 Å². The van der Waals surface area contributed by atoms with Crippen LogP contribution in [0.15, 0.2) is 48.5 Å². The second-order valence-corrected chi connectivity index (χ2v) is 6.31. The molecule has 140 valence electrons. The highest BCUT2D eigenvalue weighted by Gasteiger charge is 2.23. The summed E-state index contributed by atoms with van der Waals surface area (Å²) in [5.41, 5.74) is 2.09. The van der Waals surface area contributed by atoms with Crippen LogP contribution in [0.3, 0.4) is 0 Å². The first-order valence-corrected chi connectivity index (χ1v) is 8.60. The monoisotopic (exact) mass is 368 g/mol. The molecule has 0 atom stereocenters. The lowest BCUT2D eigenvalue weighted by molar-refractivity contribution is -0.384. The number of rotatable bonds is 4. The normalized spacial score (nSPS) is 14.0. The summed E-state index contributed by atoms with van der Waals surface area (Å²) in [5.74, 6) is -0.262. The Labute approximate surface area is 156 Å². The van der Waals surface area contributed by atoms with E-state index in [1.807, 2.05) is 0 Å². The third-order valence-electron chi connectivity index (χ3n) is 4.42. The molecule has 0 unspecified atom stereocenters. The van der Waals surface area contributed by atoms with E-state index < -0.39 is 4.92 Å². The highest BCUT2D eigenvalue weighted by molar-refractivity contribution is 5.97. The summed E-state index contributed by atoms with van der Waals surface area (Å²) in [5, 5.41) is 13.4. The van der Waals surface area contributed by atoms with Gasteiger partial charge < -0.3 is 15.1 Å². The summed E-state index contributed by atoms with van der Waals surface area (Å²) >= 11 is 0. The first kappa shape index (κ1) is 18.4. The molecule has 0 saturated carbocycles. The molecule has 3 rings (SSSR count). The van der Waals surface area contributed by atoms with Crippen molar-refractivity contribution >= 4 is 28.9 Å². The van der Waals surface area contributed by atoms with Gasteiger partial charge in [0, 0.05) is 62.2 Å². The lowest BCUT2D eigenvalue weighted by atomic mass is 10.1. The largest absolute Gasteiger partial charge is 0.368 e. The molecule has 0 aromatic heterocycles. The van der Waals surface area contributed by atoms with Crippen LogP contribution in [0.2, 0.25) is 0 Å². The Morgan fingerprint density at radius 2 is 1.70 bits per heavy atom. The number of nitro benzene ring substituents is 1. The van der Waals surface area contributed by atoms with Gasteiger partial charge in [0.15, 0.2) is 0 Å². The number of hydrogen-bond acceptors (Lipinski definition) is 5. The smallest absolute Gasteiger partial charge is 0.269 e. The van der Waals surface area contributed by atoms with E-state index in [1.54, 1.807) is 41.3 Å². The molecule has 1 aliphatic rings. The van der Waals surface area contributed by atoms with Crippen LogP contribution < -0.4 is 10.2 Å². The van der Waals surface area contributed by atoms with E-state index in [1.165, 1.54) is 19.1 Å². The fourth-order valence-corrected chi connectivity index (χ4v) is 3.07. The van der Waals surface area contributed by atoms with E-state index in [4.69, 9.17) is 0 Å². The number of nitrogens with one attached hydrogen (secondary N) is 1. The van der Waals surface area contributed by atoms with Crippen molar-refractivity contribution in [1.29, 1.82) is 0 Å². The zero-order chi connectivity index (χ0) is 19.4. The lowest BCUT2D eigenvalue weighted by Crippen LogP contribution is -2.48. The van der Waals surface area contributed by atoms with Crippen LogP contribution in [0.1, 0.15) is 17.3 Å². The Morgan fingerprint density at radius 3 is 2.30 bits per heavy atom. The Balaban J connectivity index is 1.62. The van der Waals surface area contributed by atoms with Gasteiger partial charge in [0.05, 0.1) is 4.92 Å². The summed E-state index contributed by atoms with van der Waals surface area (Å²) in [6, 6.07) is 13.3. The van der Waals surface area contributed by atoms with E-state index in [-0.39, 0.29) is 17.5 Å². The number of carbonyl (C=O) groups excluding carboxylic acids is 2. The Morgan fingerprint density at radius 1 is 1.04 bits per heavy atom. The number of piperazine rings is 1. The lowest BCUT2D eigenvalue weighted by Gasteiger charge is -2.36. The molecule has 1 fully saturated rings. The SMILES string of the molecule is CC(=O)Nc1cccc(C(=O)N2CCN(c3ccc([N+](=O)[O-])cc3)CC2)c1. The summed E-state index contributed by atoms with van der Waals surface area (Å²) in [6.45, 7) is 3.83. The molecule has 2 aromatic carbocycles. The molecule has 2 amide bonds. The van der Waals surface area contributed by atoms with Gasteiger partial charge in [0.1, 0.15) is 0 Å². The van der Waals surface area contributed by atoms with Gasteiger partial charge >= 0.3 is 0 Å². The molecule has 1 heterocycles. The van der Waals surface area contributed by atoms with Gasteiger partial charge in [-0.15, -0.1) is 0 Å². The molecule has 0 spiro atoms. The fraction of sp³-hybridized carbons (Fsp3) is 0.263. The number of amides is 2. The molecule has 1 saturated heterocycles. The van der Waals surface area contributed by atoms with Gasteiger partial charge in [-0.25, -0.2) is 0 Å². The summed E-state index contributed by atoms with van der Waals surface area (Å²) in [4.78, 5) is 38.1. The van der Waals surface area contributed by atoms with Crippen LogP contribution in [0, 0.1) is 10.1 Å². The average Bonchev–Trinajstić information content (AvgIpc) is 2.67. The second kappa shape index (κ2) is 7.86. The molecule has 8 heteroatoms. The quantitative estimate of drug-likeness (QED) is 0.661. The zero-order valence-electron chi connectivity index (χ0n) is 14.9. The third kappa shape index (κ3) is 4.41. The highest BCUT2D eigenvalue weighted by Crippen LogP contribution is 2.21. The topological polar surface area (TPSA) is 95.8 Å². The van der Waals surface area contributed by atoms with Gasteiger partial charge in [-0.05, 0) is 30.3 Å². The third-order valence-corrected chi connectivity index (χ3v) is 4.42. The minimum Gasteiger partial charge on any atom is -0.368 e. The van der Waals surface area contributed by atoms with Crippen LogP contribution in [0.5, 0.6) is 0 Å². The summed E-state index contributed by atoms with van der Waals surface area (Å²) in [7, 11) is 0. The molecular formula is C19H20N4O4. The van der Waals surface area contributed by atoms with E-state index in [2.05, 4.69) is 10.2 Å². The Bertz CT molecular complexity index is 858. The van der Waals surface area contributed by atoms with Gasteiger partial charge in [-0.2, -0.15) is 0 Å². The molecular weight excluding hydrogens is 348 g/mol. The standard InChI is InChI=1S/C19H20N4O4/c1-14(24)20-16-4-2-3-15(13-16)19(25)22-11-9-21(10-12-22)17-5-7-18(8-6-17)23(26)27/h2-8,13H,9-12H2,1H3,(H,20,24). The number of carbonyl (C=O) groups is 2. The van der Waals surface area contributed by atoms with Crippen molar-refractivity contribution in [3.63, 3.8) is 0 Å². The van der Waals surface area contributed by atoms with E-state index in [9.17, 15) is 19.7 Å². The summed E-state index contributed by atoms with van der Waals surface area (Å²) in [6.07, 6.45) is 0. The predicted molar refractivity (Wildman–Crippen MR) is 102 cm³/mol. The first-order valence-electron chi connectivity index (χ1n) is 8.60. The van der Waals surface area contributed by atoms with Crippen molar-refractivity contribution in [2.75, 3.05) is 36.4 Å². The van der Waals surface area contributed by atoms with Crippen molar-refractivity contribution in [3.8, 4) is 0 Å². The first-order chi connectivity index (χ1) is 12.9. The number of nitro groups is 1. The van der Waals surface area contributed by atoms with Crippen molar-refractivity contribution in [1.82, 2.24) is 4.90 Å². The van der Waals surface area contributed by atoms with Crippen molar-refractivity contribution in [3.05, 3.63) is 64.2 Å². The number of nitrogens with zero attached hydrogens (tertiary/aromatic N) is 3. The predicted octanol–water partition coefficient (Wildman–Crippen LogP) is 2.52.